The van der Waals surface area contributed by atoms with Crippen molar-refractivity contribution in [2.75, 3.05) is 6.61 Å². The second kappa shape index (κ2) is 11.7. The van der Waals surface area contributed by atoms with Crippen LogP contribution in [0.15, 0.2) is 109 Å². The second-order valence-electron chi connectivity index (χ2n) is 10.5. The zero-order chi connectivity index (χ0) is 29.1. The molecule has 1 aliphatic carbocycles. The van der Waals surface area contributed by atoms with Crippen LogP contribution in [-0.4, -0.2) is 33.3 Å². The number of carboxylic acids is 1. The van der Waals surface area contributed by atoms with E-state index in [1.54, 1.807) is 6.92 Å². The Hall–Kier alpha value is -5.17. The molecule has 1 heterocycles. The molecule has 0 bridgehead atoms. The SMILES string of the molecule is Cc1c(C(=O)O)nc([C@H](Cc2ccccc2)NC(=O)OCC2c3ccccc3-c3ccccc32)n1Cc1ccccc1. The number of aromatic nitrogens is 2. The molecule has 0 saturated carbocycles. The fourth-order valence-electron chi connectivity index (χ4n) is 5.83. The van der Waals surface area contributed by atoms with Crippen molar-refractivity contribution in [3.05, 3.63) is 149 Å². The van der Waals surface area contributed by atoms with E-state index in [1.165, 1.54) is 0 Å². The summed E-state index contributed by atoms with van der Waals surface area (Å²) in [7, 11) is 0. The van der Waals surface area contributed by atoms with Crippen molar-refractivity contribution in [1.29, 1.82) is 0 Å². The number of rotatable bonds is 9. The van der Waals surface area contributed by atoms with E-state index in [4.69, 9.17) is 4.74 Å². The number of ether oxygens (including phenoxy) is 1. The quantitative estimate of drug-likeness (QED) is 0.209. The van der Waals surface area contributed by atoms with Crippen molar-refractivity contribution in [1.82, 2.24) is 14.9 Å². The maximum atomic E-state index is 13.4. The predicted molar refractivity (Wildman–Crippen MR) is 161 cm³/mol. The first-order valence-electron chi connectivity index (χ1n) is 14.0. The number of amides is 1. The highest BCUT2D eigenvalue weighted by Gasteiger charge is 2.31. The summed E-state index contributed by atoms with van der Waals surface area (Å²) in [5, 5.41) is 12.9. The fraction of sp³-hybridized carbons (Fsp3) is 0.171. The molecule has 7 nitrogen and oxygen atoms in total. The molecule has 0 fully saturated rings. The summed E-state index contributed by atoms with van der Waals surface area (Å²) in [5.41, 5.74) is 7.04. The van der Waals surface area contributed by atoms with Gasteiger partial charge in [0.2, 0.25) is 0 Å². The van der Waals surface area contributed by atoms with Gasteiger partial charge in [-0.15, -0.1) is 0 Å². The summed E-state index contributed by atoms with van der Waals surface area (Å²) in [6, 6.07) is 35.3. The number of carboxylic acid groups (broad SMARTS) is 1. The molecule has 0 saturated heterocycles. The first kappa shape index (κ1) is 27.0. The Kier molecular flexibility index (Phi) is 7.56. The smallest absolute Gasteiger partial charge is 0.407 e. The van der Waals surface area contributed by atoms with Gasteiger partial charge < -0.3 is 19.7 Å². The number of hydrogen-bond donors (Lipinski definition) is 2. The lowest BCUT2D eigenvalue weighted by Gasteiger charge is -2.22. The van der Waals surface area contributed by atoms with Gasteiger partial charge in [-0.05, 0) is 40.3 Å². The standard InChI is InChI=1S/C35H31N3O4/c1-23-32(34(39)40)37-33(38(23)21-25-14-6-3-7-15-25)31(20-24-12-4-2-5-13-24)36-35(41)42-22-30-28-18-10-8-16-26(28)27-17-9-11-19-29(27)30/h2-19,30-31H,20-22H2,1H3,(H,36,41)(H,39,40)/t31-/m0/s1. The fourth-order valence-corrected chi connectivity index (χ4v) is 5.83. The minimum atomic E-state index is -1.11. The molecule has 4 aromatic carbocycles. The molecule has 7 heteroatoms. The van der Waals surface area contributed by atoms with Crippen molar-refractivity contribution >= 4 is 12.1 Å². The van der Waals surface area contributed by atoms with E-state index in [2.05, 4.69) is 34.6 Å². The highest BCUT2D eigenvalue weighted by atomic mass is 16.5. The van der Waals surface area contributed by atoms with Crippen LogP contribution >= 0.6 is 0 Å². The van der Waals surface area contributed by atoms with Gasteiger partial charge in [-0.2, -0.15) is 0 Å². The number of aromatic carboxylic acids is 1. The number of benzene rings is 4. The van der Waals surface area contributed by atoms with Crippen LogP contribution in [0.3, 0.4) is 0 Å². The van der Waals surface area contributed by atoms with E-state index in [9.17, 15) is 14.7 Å². The average Bonchev–Trinajstić information content (AvgIpc) is 3.51. The summed E-state index contributed by atoms with van der Waals surface area (Å²) >= 11 is 0. The molecule has 210 valence electrons. The number of nitrogens with one attached hydrogen (secondary N) is 1. The highest BCUT2D eigenvalue weighted by molar-refractivity contribution is 5.87. The van der Waals surface area contributed by atoms with Gasteiger partial charge in [0.1, 0.15) is 12.4 Å². The first-order valence-corrected chi connectivity index (χ1v) is 14.0. The Bertz CT molecular complexity index is 1680. The lowest BCUT2D eigenvalue weighted by molar-refractivity contribution is 0.0690. The normalized spacial score (nSPS) is 12.8. The Morgan fingerprint density at radius 3 is 1.98 bits per heavy atom. The molecule has 6 rings (SSSR count). The number of imidazole rings is 1. The Morgan fingerprint density at radius 1 is 0.833 bits per heavy atom. The van der Waals surface area contributed by atoms with Crippen molar-refractivity contribution < 1.29 is 19.4 Å². The molecule has 42 heavy (non-hydrogen) atoms. The summed E-state index contributed by atoms with van der Waals surface area (Å²) in [6.07, 6.45) is -0.170. The van der Waals surface area contributed by atoms with Crippen LogP contribution in [0.2, 0.25) is 0 Å². The summed E-state index contributed by atoms with van der Waals surface area (Å²) in [4.78, 5) is 30.1. The Balaban J connectivity index is 1.29. The molecular formula is C35H31N3O4. The summed E-state index contributed by atoms with van der Waals surface area (Å²) < 4.78 is 7.74. The highest BCUT2D eigenvalue weighted by Crippen LogP contribution is 2.44. The monoisotopic (exact) mass is 557 g/mol. The third-order valence-electron chi connectivity index (χ3n) is 7.87. The van der Waals surface area contributed by atoms with E-state index in [1.807, 2.05) is 89.5 Å². The molecule has 0 radical (unpaired) electrons. The molecule has 0 spiro atoms. The average molecular weight is 558 g/mol. The topological polar surface area (TPSA) is 93.4 Å². The van der Waals surface area contributed by atoms with Crippen LogP contribution in [0, 0.1) is 6.92 Å². The van der Waals surface area contributed by atoms with Crippen LogP contribution in [0.4, 0.5) is 4.79 Å². The molecule has 5 aromatic rings. The van der Waals surface area contributed by atoms with Gasteiger partial charge in [0, 0.05) is 24.6 Å². The maximum Gasteiger partial charge on any atom is 0.407 e. The number of fused-ring (bicyclic) bond motifs is 3. The van der Waals surface area contributed by atoms with Crippen LogP contribution in [0.25, 0.3) is 11.1 Å². The molecule has 1 aromatic heterocycles. The lowest BCUT2D eigenvalue weighted by Crippen LogP contribution is -2.33. The molecular weight excluding hydrogens is 526 g/mol. The minimum Gasteiger partial charge on any atom is -0.476 e. The zero-order valence-electron chi connectivity index (χ0n) is 23.2. The number of carbonyl (C=O) groups excluding carboxylic acids is 1. The predicted octanol–water partition coefficient (Wildman–Crippen LogP) is 6.76. The largest absolute Gasteiger partial charge is 0.476 e. The molecule has 0 aliphatic heterocycles. The lowest BCUT2D eigenvalue weighted by atomic mass is 9.98. The minimum absolute atomic E-state index is 0.0340. The summed E-state index contributed by atoms with van der Waals surface area (Å²) in [6.45, 7) is 2.34. The van der Waals surface area contributed by atoms with Gasteiger partial charge in [-0.1, -0.05) is 109 Å². The third kappa shape index (κ3) is 5.41. The Morgan fingerprint density at radius 2 is 1.38 bits per heavy atom. The first-order chi connectivity index (χ1) is 20.5. The number of nitrogens with zero attached hydrogens (tertiary/aromatic N) is 2. The maximum absolute atomic E-state index is 13.4. The van der Waals surface area contributed by atoms with Gasteiger partial charge in [0.15, 0.2) is 5.69 Å². The van der Waals surface area contributed by atoms with Crippen LogP contribution in [0.1, 0.15) is 56.2 Å². The van der Waals surface area contributed by atoms with Crippen molar-refractivity contribution in [3.8, 4) is 11.1 Å². The number of hydrogen-bond acceptors (Lipinski definition) is 4. The van der Waals surface area contributed by atoms with Crippen molar-refractivity contribution in [2.45, 2.75) is 31.8 Å². The van der Waals surface area contributed by atoms with Gasteiger partial charge in [-0.25, -0.2) is 14.6 Å². The van der Waals surface area contributed by atoms with E-state index in [0.29, 0.717) is 24.5 Å². The third-order valence-corrected chi connectivity index (χ3v) is 7.87. The van der Waals surface area contributed by atoms with E-state index in [-0.39, 0.29) is 18.2 Å². The van der Waals surface area contributed by atoms with Crippen LogP contribution in [0.5, 0.6) is 0 Å². The van der Waals surface area contributed by atoms with Crippen LogP contribution in [-0.2, 0) is 17.7 Å². The van der Waals surface area contributed by atoms with E-state index >= 15 is 0 Å². The van der Waals surface area contributed by atoms with Gasteiger partial charge >= 0.3 is 12.1 Å². The van der Waals surface area contributed by atoms with E-state index < -0.39 is 18.1 Å². The van der Waals surface area contributed by atoms with Crippen molar-refractivity contribution in [2.24, 2.45) is 0 Å². The second-order valence-corrected chi connectivity index (χ2v) is 10.5. The number of carbonyl (C=O) groups is 2. The molecule has 0 unspecified atom stereocenters. The molecule has 1 atom stereocenters. The van der Waals surface area contributed by atoms with Gasteiger partial charge in [0.25, 0.3) is 0 Å². The molecule has 1 aliphatic rings. The van der Waals surface area contributed by atoms with Crippen LogP contribution < -0.4 is 5.32 Å². The van der Waals surface area contributed by atoms with Crippen molar-refractivity contribution in [3.63, 3.8) is 0 Å². The van der Waals surface area contributed by atoms with E-state index in [0.717, 1.165) is 33.4 Å². The van der Waals surface area contributed by atoms with Gasteiger partial charge in [0.05, 0.1) is 6.04 Å². The van der Waals surface area contributed by atoms with Gasteiger partial charge in [-0.3, -0.25) is 0 Å². The molecule has 2 N–H and O–H groups in total. The Labute approximate surface area is 244 Å². The molecule has 1 amide bonds. The number of alkyl carbamates (subject to hydrolysis) is 1. The summed E-state index contributed by atoms with van der Waals surface area (Å²) in [5.74, 6) is -0.720. The zero-order valence-corrected chi connectivity index (χ0v) is 23.2.